The third-order valence-electron chi connectivity index (χ3n) is 6.25. The van der Waals surface area contributed by atoms with Crippen molar-refractivity contribution >= 4 is 11.8 Å². The van der Waals surface area contributed by atoms with Crippen LogP contribution in [0.5, 0.6) is 0 Å². The lowest BCUT2D eigenvalue weighted by Gasteiger charge is -2.40. The molecule has 1 saturated heterocycles. The van der Waals surface area contributed by atoms with E-state index in [1.807, 2.05) is 23.1 Å². The number of amides is 2. The van der Waals surface area contributed by atoms with Crippen molar-refractivity contribution in [1.29, 1.82) is 0 Å². The SMILES string of the molecule is O=C(NCCc1ccccn1)[C@@H](C1CCCC1)N1CCN(C(=O)c2ccco2)CC1. The van der Waals surface area contributed by atoms with Crippen LogP contribution < -0.4 is 5.32 Å². The fourth-order valence-corrected chi connectivity index (χ4v) is 4.67. The fraction of sp³-hybridized carbons (Fsp3) is 0.522. The number of carbonyl (C=O) groups is 2. The molecule has 7 heteroatoms. The van der Waals surface area contributed by atoms with Crippen molar-refractivity contribution in [2.75, 3.05) is 32.7 Å². The highest BCUT2D eigenvalue weighted by atomic mass is 16.3. The van der Waals surface area contributed by atoms with Gasteiger partial charge in [-0.3, -0.25) is 19.5 Å². The molecule has 2 amide bonds. The topological polar surface area (TPSA) is 78.7 Å². The largest absolute Gasteiger partial charge is 0.459 e. The van der Waals surface area contributed by atoms with Crippen LogP contribution in [0.4, 0.5) is 0 Å². The summed E-state index contributed by atoms with van der Waals surface area (Å²) in [5.74, 6) is 0.816. The number of nitrogens with one attached hydrogen (secondary N) is 1. The standard InChI is InChI=1S/C23H30N4O3/c28-22(25-12-10-19-8-3-4-11-24-19)21(18-6-1-2-7-18)26-13-15-27(16-14-26)23(29)20-9-5-17-30-20/h3-5,8-9,11,17-18,21H,1-2,6-7,10,12-16H2,(H,25,28)/t21-/m1/s1. The molecule has 30 heavy (non-hydrogen) atoms. The Morgan fingerprint density at radius 1 is 1.10 bits per heavy atom. The summed E-state index contributed by atoms with van der Waals surface area (Å²) in [4.78, 5) is 34.1. The zero-order valence-corrected chi connectivity index (χ0v) is 17.3. The van der Waals surface area contributed by atoms with E-state index in [1.54, 1.807) is 18.3 Å². The van der Waals surface area contributed by atoms with Gasteiger partial charge in [-0.15, -0.1) is 0 Å². The van der Waals surface area contributed by atoms with Crippen molar-refractivity contribution in [3.05, 3.63) is 54.2 Å². The van der Waals surface area contributed by atoms with E-state index in [2.05, 4.69) is 15.2 Å². The molecular formula is C23H30N4O3. The van der Waals surface area contributed by atoms with Gasteiger partial charge in [0.25, 0.3) is 5.91 Å². The van der Waals surface area contributed by atoms with Crippen LogP contribution in [0.1, 0.15) is 41.9 Å². The molecule has 2 fully saturated rings. The van der Waals surface area contributed by atoms with Crippen molar-refractivity contribution in [3.63, 3.8) is 0 Å². The number of aromatic nitrogens is 1. The van der Waals surface area contributed by atoms with Crippen molar-refractivity contribution in [3.8, 4) is 0 Å². The molecular weight excluding hydrogens is 380 g/mol. The van der Waals surface area contributed by atoms with Gasteiger partial charge in [-0.2, -0.15) is 0 Å². The summed E-state index contributed by atoms with van der Waals surface area (Å²) in [6, 6.07) is 9.16. The van der Waals surface area contributed by atoms with Crippen LogP contribution in [0.2, 0.25) is 0 Å². The molecule has 1 atom stereocenters. The zero-order valence-electron chi connectivity index (χ0n) is 17.3. The lowest BCUT2D eigenvalue weighted by atomic mass is 9.95. The molecule has 1 aliphatic carbocycles. The van der Waals surface area contributed by atoms with Crippen LogP contribution >= 0.6 is 0 Å². The number of hydrogen-bond acceptors (Lipinski definition) is 5. The van der Waals surface area contributed by atoms with Crippen LogP contribution in [-0.2, 0) is 11.2 Å². The van der Waals surface area contributed by atoms with E-state index >= 15 is 0 Å². The maximum Gasteiger partial charge on any atom is 0.289 e. The lowest BCUT2D eigenvalue weighted by molar-refractivity contribution is -0.129. The maximum atomic E-state index is 13.2. The molecule has 1 saturated carbocycles. The van der Waals surface area contributed by atoms with Gasteiger partial charge in [0, 0.05) is 51.0 Å². The first kappa shape index (κ1) is 20.6. The summed E-state index contributed by atoms with van der Waals surface area (Å²) in [6.07, 6.45) is 8.62. The van der Waals surface area contributed by atoms with E-state index in [9.17, 15) is 9.59 Å². The molecule has 160 valence electrons. The molecule has 2 aromatic rings. The fourth-order valence-electron chi connectivity index (χ4n) is 4.67. The van der Waals surface area contributed by atoms with Gasteiger partial charge < -0.3 is 14.6 Å². The second-order valence-electron chi connectivity index (χ2n) is 8.16. The molecule has 0 unspecified atom stereocenters. The second-order valence-corrected chi connectivity index (χ2v) is 8.16. The van der Waals surface area contributed by atoms with E-state index in [1.165, 1.54) is 19.1 Å². The molecule has 1 aliphatic heterocycles. The van der Waals surface area contributed by atoms with Crippen LogP contribution in [-0.4, -0.2) is 65.4 Å². The summed E-state index contributed by atoms with van der Waals surface area (Å²) in [5, 5.41) is 3.15. The summed E-state index contributed by atoms with van der Waals surface area (Å²) >= 11 is 0. The number of pyridine rings is 1. The number of carbonyl (C=O) groups excluding carboxylic acids is 2. The Labute approximate surface area is 177 Å². The van der Waals surface area contributed by atoms with Gasteiger partial charge in [0.15, 0.2) is 5.76 Å². The Morgan fingerprint density at radius 3 is 2.57 bits per heavy atom. The van der Waals surface area contributed by atoms with E-state index in [4.69, 9.17) is 4.42 Å². The van der Waals surface area contributed by atoms with Gasteiger partial charge >= 0.3 is 0 Å². The number of hydrogen-bond donors (Lipinski definition) is 1. The van der Waals surface area contributed by atoms with Gasteiger partial charge in [-0.05, 0) is 43.0 Å². The Hall–Kier alpha value is -2.67. The molecule has 0 aromatic carbocycles. The van der Waals surface area contributed by atoms with Gasteiger partial charge in [0.05, 0.1) is 12.3 Å². The molecule has 2 aliphatic rings. The van der Waals surface area contributed by atoms with Crippen molar-refractivity contribution < 1.29 is 14.0 Å². The highest BCUT2D eigenvalue weighted by Gasteiger charge is 2.37. The van der Waals surface area contributed by atoms with E-state index in [0.29, 0.717) is 44.4 Å². The van der Waals surface area contributed by atoms with Crippen molar-refractivity contribution in [2.45, 2.75) is 38.1 Å². The summed E-state index contributed by atoms with van der Waals surface area (Å²) < 4.78 is 5.25. The van der Waals surface area contributed by atoms with E-state index in [-0.39, 0.29) is 17.9 Å². The Bertz CT molecular complexity index is 810. The maximum absolute atomic E-state index is 13.2. The van der Waals surface area contributed by atoms with Crippen LogP contribution in [0, 0.1) is 5.92 Å². The first-order chi connectivity index (χ1) is 14.7. The molecule has 4 rings (SSSR count). The minimum Gasteiger partial charge on any atom is -0.459 e. The van der Waals surface area contributed by atoms with Gasteiger partial charge in [0.1, 0.15) is 0 Å². The number of piperazine rings is 1. The molecule has 0 spiro atoms. The smallest absolute Gasteiger partial charge is 0.289 e. The first-order valence-electron chi connectivity index (χ1n) is 11.0. The Kier molecular flexibility index (Phi) is 6.79. The van der Waals surface area contributed by atoms with Gasteiger partial charge in [-0.25, -0.2) is 0 Å². The van der Waals surface area contributed by atoms with E-state index < -0.39 is 0 Å². The quantitative estimate of drug-likeness (QED) is 0.758. The van der Waals surface area contributed by atoms with Crippen molar-refractivity contribution in [1.82, 2.24) is 20.1 Å². The summed E-state index contributed by atoms with van der Waals surface area (Å²) in [5.41, 5.74) is 0.986. The Balaban J connectivity index is 1.34. The lowest BCUT2D eigenvalue weighted by Crippen LogP contribution is -2.58. The van der Waals surface area contributed by atoms with Crippen LogP contribution in [0.25, 0.3) is 0 Å². The molecule has 0 radical (unpaired) electrons. The minimum atomic E-state index is -0.114. The molecule has 7 nitrogen and oxygen atoms in total. The molecule has 0 bridgehead atoms. The van der Waals surface area contributed by atoms with Gasteiger partial charge in [0.2, 0.25) is 5.91 Å². The monoisotopic (exact) mass is 410 g/mol. The third-order valence-corrected chi connectivity index (χ3v) is 6.25. The average Bonchev–Trinajstić information content (AvgIpc) is 3.49. The second kappa shape index (κ2) is 9.89. The first-order valence-corrected chi connectivity index (χ1v) is 11.0. The Morgan fingerprint density at radius 2 is 1.90 bits per heavy atom. The van der Waals surface area contributed by atoms with Crippen LogP contribution in [0.3, 0.4) is 0 Å². The summed E-state index contributed by atoms with van der Waals surface area (Å²) in [6.45, 7) is 3.24. The molecule has 1 N–H and O–H groups in total. The van der Waals surface area contributed by atoms with E-state index in [0.717, 1.165) is 25.0 Å². The normalized spacial score (nSPS) is 19.0. The highest BCUT2D eigenvalue weighted by molar-refractivity contribution is 5.91. The summed E-state index contributed by atoms with van der Waals surface area (Å²) in [7, 11) is 0. The van der Waals surface area contributed by atoms with Crippen LogP contribution in [0.15, 0.2) is 47.2 Å². The number of furan rings is 1. The predicted molar refractivity (Wildman–Crippen MR) is 113 cm³/mol. The zero-order chi connectivity index (χ0) is 20.8. The van der Waals surface area contributed by atoms with Crippen molar-refractivity contribution in [2.24, 2.45) is 5.92 Å². The predicted octanol–water partition coefficient (Wildman–Crippen LogP) is 2.35. The number of rotatable bonds is 7. The minimum absolute atomic E-state index is 0.0723. The molecule has 3 heterocycles. The average molecular weight is 411 g/mol. The highest BCUT2D eigenvalue weighted by Crippen LogP contribution is 2.31. The number of nitrogens with zero attached hydrogens (tertiary/aromatic N) is 3. The third kappa shape index (κ3) is 4.90. The van der Waals surface area contributed by atoms with Gasteiger partial charge in [-0.1, -0.05) is 18.9 Å². The molecule has 2 aromatic heterocycles.